The van der Waals surface area contributed by atoms with E-state index in [9.17, 15) is 4.79 Å². The number of aromatic nitrogens is 1. The van der Waals surface area contributed by atoms with Gasteiger partial charge in [0.05, 0.1) is 17.7 Å². The third kappa shape index (κ3) is 4.45. The SMILES string of the molecule is CC[C@H](C)c1ccc2oc(-c3ccc(NC(=O)c4cc(Cl)cc(Cl)c4OC)cc3)nc2c1. The first kappa shape index (κ1) is 22.2. The van der Waals surface area contributed by atoms with Crippen molar-refractivity contribution < 1.29 is 13.9 Å². The molecule has 4 aromatic rings. The van der Waals surface area contributed by atoms with Crippen LogP contribution in [0.1, 0.15) is 42.1 Å². The second-order valence-corrected chi connectivity index (χ2v) is 8.40. The van der Waals surface area contributed by atoms with Crippen LogP contribution in [0.2, 0.25) is 10.0 Å². The standard InChI is InChI=1S/C25H22Cl2N2O3/c1-4-14(2)16-7-10-22-21(11-16)29-25(32-22)15-5-8-18(9-6-15)28-24(30)19-12-17(26)13-20(27)23(19)31-3/h5-14H,4H2,1-3H3,(H,28,30)/t14-/m0/s1. The minimum atomic E-state index is -0.376. The zero-order chi connectivity index (χ0) is 22.8. The van der Waals surface area contributed by atoms with Crippen LogP contribution in [0.15, 0.2) is 59.0 Å². The van der Waals surface area contributed by atoms with Gasteiger partial charge in [0, 0.05) is 16.3 Å². The maximum Gasteiger partial charge on any atom is 0.259 e. The second kappa shape index (κ2) is 9.23. The lowest BCUT2D eigenvalue weighted by Crippen LogP contribution is -2.13. The zero-order valence-corrected chi connectivity index (χ0v) is 19.4. The van der Waals surface area contributed by atoms with Gasteiger partial charge in [0.15, 0.2) is 5.58 Å². The van der Waals surface area contributed by atoms with Crippen molar-refractivity contribution >= 4 is 45.9 Å². The maximum atomic E-state index is 12.7. The van der Waals surface area contributed by atoms with Crippen molar-refractivity contribution in [2.24, 2.45) is 0 Å². The molecule has 1 atom stereocenters. The van der Waals surface area contributed by atoms with Crippen molar-refractivity contribution in [3.05, 3.63) is 75.8 Å². The van der Waals surface area contributed by atoms with Crippen LogP contribution in [-0.2, 0) is 0 Å². The number of halogens is 2. The molecule has 1 aromatic heterocycles. The molecule has 0 aliphatic rings. The summed E-state index contributed by atoms with van der Waals surface area (Å²) in [7, 11) is 1.45. The van der Waals surface area contributed by atoms with Gasteiger partial charge in [-0.25, -0.2) is 4.98 Å². The zero-order valence-electron chi connectivity index (χ0n) is 17.9. The minimum absolute atomic E-state index is 0.255. The smallest absolute Gasteiger partial charge is 0.259 e. The van der Waals surface area contributed by atoms with Gasteiger partial charge in [0.2, 0.25) is 5.89 Å². The monoisotopic (exact) mass is 468 g/mol. The Morgan fingerprint density at radius 2 is 1.88 bits per heavy atom. The highest BCUT2D eigenvalue weighted by Crippen LogP contribution is 2.33. The number of nitrogens with one attached hydrogen (secondary N) is 1. The first-order valence-electron chi connectivity index (χ1n) is 10.2. The first-order chi connectivity index (χ1) is 15.4. The fourth-order valence-electron chi connectivity index (χ4n) is 3.44. The Balaban J connectivity index is 1.55. The molecule has 32 heavy (non-hydrogen) atoms. The molecule has 0 spiro atoms. The van der Waals surface area contributed by atoms with Crippen molar-refractivity contribution in [2.45, 2.75) is 26.2 Å². The molecule has 7 heteroatoms. The van der Waals surface area contributed by atoms with Crippen LogP contribution in [0.3, 0.4) is 0 Å². The van der Waals surface area contributed by atoms with Crippen molar-refractivity contribution in [2.75, 3.05) is 12.4 Å². The molecule has 0 radical (unpaired) electrons. The Morgan fingerprint density at radius 3 is 2.56 bits per heavy atom. The molecule has 4 rings (SSSR count). The van der Waals surface area contributed by atoms with E-state index in [0.29, 0.717) is 22.5 Å². The number of fused-ring (bicyclic) bond motifs is 1. The highest BCUT2D eigenvalue weighted by atomic mass is 35.5. The largest absolute Gasteiger partial charge is 0.494 e. The van der Waals surface area contributed by atoms with Gasteiger partial charge in [-0.2, -0.15) is 0 Å². The summed E-state index contributed by atoms with van der Waals surface area (Å²) >= 11 is 12.2. The van der Waals surface area contributed by atoms with Crippen LogP contribution in [0, 0.1) is 0 Å². The van der Waals surface area contributed by atoms with E-state index >= 15 is 0 Å². The number of hydrogen-bond acceptors (Lipinski definition) is 4. The number of nitrogens with zero attached hydrogens (tertiary/aromatic N) is 1. The number of hydrogen-bond donors (Lipinski definition) is 1. The van der Waals surface area contributed by atoms with E-state index in [2.05, 4.69) is 36.3 Å². The number of methoxy groups -OCH3 is 1. The van der Waals surface area contributed by atoms with E-state index < -0.39 is 0 Å². The van der Waals surface area contributed by atoms with Crippen molar-refractivity contribution in [1.82, 2.24) is 4.98 Å². The van der Waals surface area contributed by atoms with Gasteiger partial charge < -0.3 is 14.5 Å². The van der Waals surface area contributed by atoms with Crippen LogP contribution >= 0.6 is 23.2 Å². The van der Waals surface area contributed by atoms with E-state index in [4.69, 9.17) is 32.4 Å². The fraction of sp³-hybridized carbons (Fsp3) is 0.200. The maximum absolute atomic E-state index is 12.7. The van der Waals surface area contributed by atoms with E-state index in [1.807, 2.05) is 18.2 Å². The molecule has 1 N–H and O–H groups in total. The van der Waals surface area contributed by atoms with Gasteiger partial charge in [-0.3, -0.25) is 4.79 Å². The molecule has 0 unspecified atom stereocenters. The molecule has 0 bridgehead atoms. The molecule has 0 saturated heterocycles. The quantitative estimate of drug-likeness (QED) is 0.316. The van der Waals surface area contributed by atoms with Gasteiger partial charge in [0.25, 0.3) is 5.91 Å². The summed E-state index contributed by atoms with van der Waals surface area (Å²) < 4.78 is 11.2. The number of oxazole rings is 1. The molecule has 5 nitrogen and oxygen atoms in total. The average molecular weight is 469 g/mol. The Bertz CT molecular complexity index is 1280. The minimum Gasteiger partial charge on any atom is -0.494 e. The molecule has 164 valence electrons. The van der Waals surface area contributed by atoms with Gasteiger partial charge in [-0.1, -0.05) is 43.1 Å². The van der Waals surface area contributed by atoms with Crippen molar-refractivity contribution in [1.29, 1.82) is 0 Å². The molecular formula is C25H22Cl2N2O3. The predicted octanol–water partition coefficient (Wildman–Crippen LogP) is 7.58. The Kier molecular flexibility index (Phi) is 6.40. The van der Waals surface area contributed by atoms with Crippen molar-refractivity contribution in [3.63, 3.8) is 0 Å². The summed E-state index contributed by atoms with van der Waals surface area (Å²) in [5, 5.41) is 3.45. The van der Waals surface area contributed by atoms with Crippen LogP contribution in [-0.4, -0.2) is 18.0 Å². The summed E-state index contributed by atoms with van der Waals surface area (Å²) in [4.78, 5) is 17.4. The molecule has 0 saturated carbocycles. The molecule has 0 aliphatic carbocycles. The van der Waals surface area contributed by atoms with Crippen LogP contribution in [0.4, 0.5) is 5.69 Å². The summed E-state index contributed by atoms with van der Waals surface area (Å²) in [5.74, 6) is 0.893. The van der Waals surface area contributed by atoms with Gasteiger partial charge in [0.1, 0.15) is 11.3 Å². The molecule has 0 aliphatic heterocycles. The highest BCUT2D eigenvalue weighted by Gasteiger charge is 2.17. The number of rotatable bonds is 6. The molecule has 1 amide bonds. The van der Waals surface area contributed by atoms with Crippen LogP contribution in [0.25, 0.3) is 22.6 Å². The average Bonchev–Trinajstić information content (AvgIpc) is 3.22. The Labute approximate surface area is 196 Å². The fourth-order valence-corrected chi connectivity index (χ4v) is 4.01. The number of ether oxygens (including phenoxy) is 1. The van der Waals surface area contributed by atoms with Gasteiger partial charge >= 0.3 is 0 Å². The van der Waals surface area contributed by atoms with E-state index in [-0.39, 0.29) is 22.2 Å². The number of anilines is 1. The number of carbonyl (C=O) groups excluding carboxylic acids is 1. The summed E-state index contributed by atoms with van der Waals surface area (Å²) in [6, 6.07) is 16.4. The number of amides is 1. The lowest BCUT2D eigenvalue weighted by atomic mass is 9.98. The van der Waals surface area contributed by atoms with E-state index in [1.165, 1.54) is 24.8 Å². The van der Waals surface area contributed by atoms with Gasteiger partial charge in [-0.05, 0) is 66.4 Å². The topological polar surface area (TPSA) is 64.4 Å². The number of benzene rings is 3. The van der Waals surface area contributed by atoms with Gasteiger partial charge in [-0.15, -0.1) is 0 Å². The first-order valence-corrected chi connectivity index (χ1v) is 11.0. The highest BCUT2D eigenvalue weighted by molar-refractivity contribution is 6.36. The normalized spacial score (nSPS) is 12.0. The predicted molar refractivity (Wildman–Crippen MR) is 129 cm³/mol. The van der Waals surface area contributed by atoms with Crippen LogP contribution in [0.5, 0.6) is 5.75 Å². The number of carbonyl (C=O) groups is 1. The lowest BCUT2D eigenvalue weighted by molar-refractivity contribution is 0.102. The summed E-state index contributed by atoms with van der Waals surface area (Å²) in [6.07, 6.45) is 1.07. The third-order valence-corrected chi connectivity index (χ3v) is 5.94. The van der Waals surface area contributed by atoms with Crippen LogP contribution < -0.4 is 10.1 Å². The molecule has 3 aromatic carbocycles. The Morgan fingerprint density at radius 1 is 1.12 bits per heavy atom. The molecule has 1 heterocycles. The lowest BCUT2D eigenvalue weighted by Gasteiger charge is -2.11. The van der Waals surface area contributed by atoms with Crippen molar-refractivity contribution in [3.8, 4) is 17.2 Å². The second-order valence-electron chi connectivity index (χ2n) is 7.56. The molecular weight excluding hydrogens is 447 g/mol. The third-order valence-electron chi connectivity index (χ3n) is 5.44. The Hall–Kier alpha value is -3.02. The van der Waals surface area contributed by atoms with E-state index in [0.717, 1.165) is 23.1 Å². The van der Waals surface area contributed by atoms with E-state index in [1.54, 1.807) is 12.1 Å². The summed E-state index contributed by atoms with van der Waals surface area (Å²) in [6.45, 7) is 4.36. The summed E-state index contributed by atoms with van der Waals surface area (Å²) in [5.41, 5.74) is 4.49. The molecule has 0 fully saturated rings.